The summed E-state index contributed by atoms with van der Waals surface area (Å²) in [6, 6.07) is 0. The van der Waals surface area contributed by atoms with Crippen LogP contribution in [0.4, 0.5) is 0 Å². The third kappa shape index (κ3) is 18.8. The average Bonchev–Trinajstić information content (AvgIpc) is 2.98. The smallest absolute Gasteiger partial charge is 0.305 e. The second-order valence-corrected chi connectivity index (χ2v) is 13.1. The number of ether oxygens (including phenoxy) is 3. The first-order valence-corrected chi connectivity index (χ1v) is 16.7. The molecule has 1 aliphatic rings. The zero-order chi connectivity index (χ0) is 35.4. The van der Waals surface area contributed by atoms with Crippen molar-refractivity contribution in [1.82, 2.24) is 0 Å². The summed E-state index contributed by atoms with van der Waals surface area (Å²) >= 11 is 0. The second-order valence-electron chi connectivity index (χ2n) is 13.1. The summed E-state index contributed by atoms with van der Waals surface area (Å²) in [5.74, 6) is -0.409. The van der Waals surface area contributed by atoms with Crippen LogP contribution in [0, 0.1) is 0 Å². The predicted molar refractivity (Wildman–Crippen MR) is 193 cm³/mol. The number of allylic oxidation sites excluding steroid dienone is 18. The maximum atomic E-state index is 11.7. The summed E-state index contributed by atoms with van der Waals surface area (Å²) in [4.78, 5) is 11.7. The van der Waals surface area contributed by atoms with Gasteiger partial charge in [0.15, 0.2) is 6.29 Å². The first-order valence-electron chi connectivity index (χ1n) is 16.7. The summed E-state index contributed by atoms with van der Waals surface area (Å²) in [6.45, 7) is 17.9. The molecule has 0 bridgehead atoms. The van der Waals surface area contributed by atoms with E-state index in [1.165, 1.54) is 22.3 Å². The Morgan fingerprint density at radius 2 is 1.26 bits per heavy atom. The van der Waals surface area contributed by atoms with E-state index in [9.17, 15) is 20.1 Å². The van der Waals surface area contributed by atoms with Crippen molar-refractivity contribution in [2.45, 2.75) is 131 Å². The van der Waals surface area contributed by atoms with Crippen LogP contribution in [0.25, 0.3) is 0 Å². The molecule has 5 atom stereocenters. The summed E-state index contributed by atoms with van der Waals surface area (Å²) in [5, 5.41) is 31.1. The third-order valence-electron chi connectivity index (χ3n) is 7.39. The van der Waals surface area contributed by atoms with Gasteiger partial charge < -0.3 is 29.5 Å². The predicted octanol–water partition coefficient (Wildman–Crippen LogP) is 8.08. The largest absolute Gasteiger partial charge is 0.463 e. The Kier molecular flexibility index (Phi) is 20.1. The molecule has 0 aromatic heterocycles. The number of carbonyl (C=O) groups excluding carboxylic acids is 1. The van der Waals surface area contributed by atoms with E-state index >= 15 is 0 Å². The molecular weight excluding hydrogens is 592 g/mol. The van der Waals surface area contributed by atoms with E-state index in [2.05, 4.69) is 102 Å². The van der Waals surface area contributed by atoms with Gasteiger partial charge in [0.2, 0.25) is 0 Å². The Morgan fingerprint density at radius 3 is 1.81 bits per heavy atom. The van der Waals surface area contributed by atoms with Crippen LogP contribution in [0.15, 0.2) is 107 Å². The monoisotopic (exact) mass is 652 g/mol. The highest BCUT2D eigenvalue weighted by Crippen LogP contribution is 2.29. The quantitative estimate of drug-likeness (QED) is 0.102. The van der Waals surface area contributed by atoms with E-state index < -0.39 is 42.3 Å². The van der Waals surface area contributed by atoms with Crippen molar-refractivity contribution in [3.8, 4) is 0 Å². The fourth-order valence-corrected chi connectivity index (χ4v) is 4.54. The Bertz CT molecular complexity index is 1230. The van der Waals surface area contributed by atoms with Gasteiger partial charge in [0, 0.05) is 6.42 Å². The molecule has 0 aliphatic carbocycles. The van der Waals surface area contributed by atoms with E-state index in [1.807, 2.05) is 39.0 Å². The van der Waals surface area contributed by atoms with Crippen molar-refractivity contribution >= 4 is 5.97 Å². The van der Waals surface area contributed by atoms with Crippen LogP contribution in [-0.2, 0) is 19.0 Å². The molecule has 1 heterocycles. The van der Waals surface area contributed by atoms with Crippen molar-refractivity contribution in [2.24, 2.45) is 0 Å². The number of hydrogen-bond acceptors (Lipinski definition) is 7. The summed E-state index contributed by atoms with van der Waals surface area (Å²) in [7, 11) is 0. The highest BCUT2D eigenvalue weighted by Gasteiger charge is 2.46. The van der Waals surface area contributed by atoms with Gasteiger partial charge in [-0.25, -0.2) is 0 Å². The average molecular weight is 653 g/mol. The van der Waals surface area contributed by atoms with Gasteiger partial charge in [-0.1, -0.05) is 114 Å². The SMILES string of the molecule is CCCC(=O)OCC1OC(OC(C)(C)CCCC(C)=CC=CC(C)=CC=CC=C(C)C=CC=C(C)C=CC=C(C)C)C(O)C(O)C1O. The standard InChI is InChI=1S/C40H60O7/c1-10-17-35(41)45-28-34-36(42)37(43)38(44)39(46-34)47-40(8,9)27-16-26-33(7)25-15-23-31(5)20-12-11-19-30(4)22-14-24-32(6)21-13-18-29(2)3/h11-15,18-25,34,36-39,42-44H,10,16-17,26-28H2,1-9H3. The van der Waals surface area contributed by atoms with Gasteiger partial charge in [0.05, 0.1) is 5.60 Å². The molecule has 7 heteroatoms. The zero-order valence-corrected chi connectivity index (χ0v) is 30.1. The molecule has 1 fully saturated rings. The van der Waals surface area contributed by atoms with E-state index in [0.29, 0.717) is 12.8 Å². The van der Waals surface area contributed by atoms with Crippen molar-refractivity contribution in [1.29, 1.82) is 0 Å². The molecule has 1 saturated heterocycles. The van der Waals surface area contributed by atoms with Crippen LogP contribution in [0.2, 0.25) is 0 Å². The van der Waals surface area contributed by atoms with Gasteiger partial charge in [0.25, 0.3) is 0 Å². The maximum absolute atomic E-state index is 11.7. The number of aliphatic hydroxyl groups is 3. The number of aliphatic hydroxyl groups excluding tert-OH is 3. The molecule has 0 radical (unpaired) electrons. The minimum Gasteiger partial charge on any atom is -0.463 e. The first-order chi connectivity index (χ1) is 22.1. The molecule has 7 nitrogen and oxygen atoms in total. The molecule has 5 unspecified atom stereocenters. The molecular formula is C40H60O7. The number of rotatable bonds is 18. The van der Waals surface area contributed by atoms with Crippen LogP contribution in [0.3, 0.4) is 0 Å². The number of esters is 1. The molecule has 0 amide bonds. The van der Waals surface area contributed by atoms with Crippen molar-refractivity contribution in [2.75, 3.05) is 6.61 Å². The minimum absolute atomic E-state index is 0.228. The molecule has 0 saturated carbocycles. The second kappa shape index (κ2) is 22.5. The molecule has 0 aromatic rings. The fraction of sp³-hybridized carbons (Fsp3) is 0.525. The van der Waals surface area contributed by atoms with Crippen LogP contribution < -0.4 is 0 Å². The number of hydrogen-bond donors (Lipinski definition) is 3. The zero-order valence-electron chi connectivity index (χ0n) is 30.1. The lowest BCUT2D eigenvalue weighted by Gasteiger charge is -2.42. The summed E-state index contributed by atoms with van der Waals surface area (Å²) in [6.07, 6.45) is 23.8. The Hall–Kier alpha value is -3.07. The van der Waals surface area contributed by atoms with Gasteiger partial charge in [-0.3, -0.25) is 4.79 Å². The molecule has 1 aliphatic heterocycles. The normalized spacial score (nSPS) is 23.9. The molecule has 3 N–H and O–H groups in total. The highest BCUT2D eigenvalue weighted by atomic mass is 16.7. The molecule has 262 valence electrons. The summed E-state index contributed by atoms with van der Waals surface area (Å²) in [5.41, 5.74) is 5.34. The Balaban J connectivity index is 2.56. The third-order valence-corrected chi connectivity index (χ3v) is 7.39. The fourth-order valence-electron chi connectivity index (χ4n) is 4.54. The van der Waals surface area contributed by atoms with Crippen molar-refractivity contribution in [3.05, 3.63) is 107 Å². The molecule has 0 spiro atoms. The van der Waals surface area contributed by atoms with E-state index in [-0.39, 0.29) is 13.0 Å². The minimum atomic E-state index is -1.48. The van der Waals surface area contributed by atoms with Crippen LogP contribution in [0.1, 0.15) is 94.4 Å². The number of carbonyl (C=O) groups is 1. The van der Waals surface area contributed by atoms with Crippen molar-refractivity contribution < 1.29 is 34.3 Å². The Morgan fingerprint density at radius 1 is 0.723 bits per heavy atom. The first kappa shape index (κ1) is 42.0. The highest BCUT2D eigenvalue weighted by molar-refractivity contribution is 5.69. The molecule has 0 aromatic carbocycles. The van der Waals surface area contributed by atoms with E-state index in [4.69, 9.17) is 14.2 Å². The topological polar surface area (TPSA) is 105 Å². The van der Waals surface area contributed by atoms with Gasteiger partial charge >= 0.3 is 5.97 Å². The lowest BCUT2D eigenvalue weighted by molar-refractivity contribution is -0.324. The maximum Gasteiger partial charge on any atom is 0.305 e. The molecule has 1 rings (SSSR count). The van der Waals surface area contributed by atoms with Gasteiger partial charge in [-0.05, 0) is 81.1 Å². The van der Waals surface area contributed by atoms with Crippen LogP contribution in [-0.4, -0.2) is 64.2 Å². The van der Waals surface area contributed by atoms with Gasteiger partial charge in [0.1, 0.15) is 31.0 Å². The van der Waals surface area contributed by atoms with Gasteiger partial charge in [-0.15, -0.1) is 0 Å². The van der Waals surface area contributed by atoms with E-state index in [0.717, 1.165) is 18.4 Å². The molecule has 47 heavy (non-hydrogen) atoms. The van der Waals surface area contributed by atoms with Crippen LogP contribution >= 0.6 is 0 Å². The lowest BCUT2D eigenvalue weighted by Crippen LogP contribution is -2.60. The van der Waals surface area contributed by atoms with Crippen molar-refractivity contribution in [3.63, 3.8) is 0 Å². The lowest BCUT2D eigenvalue weighted by atomic mass is 9.96. The summed E-state index contributed by atoms with van der Waals surface area (Å²) < 4.78 is 16.9. The van der Waals surface area contributed by atoms with Gasteiger partial charge in [-0.2, -0.15) is 0 Å². The van der Waals surface area contributed by atoms with Crippen LogP contribution in [0.5, 0.6) is 0 Å². The van der Waals surface area contributed by atoms with E-state index in [1.54, 1.807) is 0 Å². The Labute approximate surface area is 284 Å².